The van der Waals surface area contributed by atoms with E-state index in [1.54, 1.807) is 7.11 Å². The zero-order valence-corrected chi connectivity index (χ0v) is 26.1. The monoisotopic (exact) mass is 607 g/mol. The topological polar surface area (TPSA) is 112 Å². The van der Waals surface area contributed by atoms with Crippen LogP contribution >= 0.6 is 0 Å². The van der Waals surface area contributed by atoms with Crippen molar-refractivity contribution >= 4 is 33.9 Å². The summed E-state index contributed by atoms with van der Waals surface area (Å²) in [5.74, 6) is 3.87. The summed E-state index contributed by atoms with van der Waals surface area (Å²) >= 11 is 0. The number of imidazole rings is 1. The van der Waals surface area contributed by atoms with Gasteiger partial charge < -0.3 is 29.4 Å². The van der Waals surface area contributed by atoms with Crippen LogP contribution in [-0.2, 0) is 17.9 Å². The lowest BCUT2D eigenvalue weighted by atomic mass is 9.98. The van der Waals surface area contributed by atoms with Crippen LogP contribution in [0.5, 0.6) is 5.75 Å². The van der Waals surface area contributed by atoms with Crippen LogP contribution < -0.4 is 10.5 Å². The highest BCUT2D eigenvalue weighted by atomic mass is 16.5. The Hall–Kier alpha value is -3.92. The van der Waals surface area contributed by atoms with Crippen molar-refractivity contribution in [3.8, 4) is 17.3 Å². The number of carbonyl (C=O) groups is 2. The molecule has 4 aromatic rings. The van der Waals surface area contributed by atoms with E-state index in [-0.39, 0.29) is 23.9 Å². The van der Waals surface area contributed by atoms with Crippen molar-refractivity contribution < 1.29 is 14.3 Å². The summed E-state index contributed by atoms with van der Waals surface area (Å²) in [7, 11) is 1.67. The molecule has 1 aromatic carbocycles. The number of ether oxygens (including phenoxy) is 1. The van der Waals surface area contributed by atoms with Gasteiger partial charge in [0.25, 0.3) is 5.91 Å². The number of hydrogen-bond acceptors (Lipinski definition) is 6. The maximum atomic E-state index is 13.9. The second-order valence-corrected chi connectivity index (χ2v) is 14.5. The van der Waals surface area contributed by atoms with Gasteiger partial charge in [-0.25, -0.2) is 9.97 Å². The Bertz CT molecular complexity index is 1850. The first-order chi connectivity index (χ1) is 21.9. The first-order valence-electron chi connectivity index (χ1n) is 16.8. The molecule has 9 rings (SSSR count). The summed E-state index contributed by atoms with van der Waals surface area (Å²) in [5, 5.41) is 1.09. The van der Waals surface area contributed by atoms with Gasteiger partial charge >= 0.3 is 0 Å². The van der Waals surface area contributed by atoms with E-state index in [9.17, 15) is 9.59 Å². The number of fused-ring (bicyclic) bond motifs is 4. The molecule has 2 saturated heterocycles. The average Bonchev–Trinajstić information content (AvgIpc) is 3.85. The molecule has 10 heteroatoms. The second-order valence-electron chi connectivity index (χ2n) is 14.5. The van der Waals surface area contributed by atoms with Crippen LogP contribution in [-0.4, -0.2) is 79.5 Å². The van der Waals surface area contributed by atoms with Gasteiger partial charge in [0, 0.05) is 73.8 Å². The molecule has 2 N–H and O–H groups in total. The molecule has 5 heterocycles. The number of piperidine rings is 1. The number of carbonyl (C=O) groups excluding carboxylic acids is 2. The maximum absolute atomic E-state index is 13.9. The van der Waals surface area contributed by atoms with Gasteiger partial charge in [-0.2, -0.15) is 0 Å². The summed E-state index contributed by atoms with van der Waals surface area (Å²) in [6, 6.07) is 10.3. The van der Waals surface area contributed by atoms with Gasteiger partial charge in [-0.05, 0) is 80.2 Å². The fraction of sp³-hybridized carbons (Fsp3) is 0.543. The minimum absolute atomic E-state index is 0.00319. The third-order valence-electron chi connectivity index (χ3n) is 11.3. The zero-order chi connectivity index (χ0) is 30.6. The van der Waals surface area contributed by atoms with E-state index in [4.69, 9.17) is 20.4 Å². The number of hydrogen-bond donors (Lipinski definition) is 1. The molecular weight excluding hydrogens is 566 g/mol. The van der Waals surface area contributed by atoms with Crippen molar-refractivity contribution in [3.63, 3.8) is 0 Å². The first-order valence-corrected chi connectivity index (χ1v) is 16.8. The van der Waals surface area contributed by atoms with Crippen LogP contribution in [0.1, 0.15) is 49.4 Å². The minimum Gasteiger partial charge on any atom is -0.494 e. The maximum Gasteiger partial charge on any atom is 0.254 e. The molecule has 5 atom stereocenters. The number of benzene rings is 1. The number of aromatic nitrogens is 4. The van der Waals surface area contributed by atoms with E-state index >= 15 is 0 Å². The van der Waals surface area contributed by atoms with Crippen LogP contribution in [0.4, 0.5) is 0 Å². The highest BCUT2D eigenvalue weighted by molar-refractivity contribution is 6.00. The third kappa shape index (κ3) is 4.39. The molecule has 3 aliphatic carbocycles. The number of nitrogens with two attached hydrogens (primary N) is 1. The molecule has 2 aliphatic heterocycles. The van der Waals surface area contributed by atoms with Crippen molar-refractivity contribution in [2.75, 3.05) is 26.7 Å². The van der Waals surface area contributed by atoms with Crippen LogP contribution in [0, 0.1) is 29.6 Å². The Kier molecular flexibility index (Phi) is 6.11. The molecule has 0 spiro atoms. The highest BCUT2D eigenvalue weighted by Crippen LogP contribution is 2.43. The Morgan fingerprint density at radius 1 is 1.02 bits per heavy atom. The van der Waals surface area contributed by atoms with Crippen molar-refractivity contribution in [2.45, 2.75) is 64.2 Å². The first kappa shape index (κ1) is 27.4. The Labute approximate surface area is 262 Å². The van der Waals surface area contributed by atoms with E-state index in [1.165, 1.54) is 12.8 Å². The lowest BCUT2D eigenvalue weighted by Gasteiger charge is -2.40. The van der Waals surface area contributed by atoms with E-state index in [0.29, 0.717) is 47.4 Å². The largest absolute Gasteiger partial charge is 0.494 e. The Balaban J connectivity index is 1.14. The average molecular weight is 608 g/mol. The number of nitrogens with zero attached hydrogens (tertiary/aromatic N) is 6. The van der Waals surface area contributed by atoms with Crippen molar-refractivity contribution in [1.29, 1.82) is 0 Å². The molecule has 10 nitrogen and oxygen atoms in total. The van der Waals surface area contributed by atoms with Crippen molar-refractivity contribution in [2.24, 2.45) is 35.3 Å². The zero-order valence-electron chi connectivity index (χ0n) is 26.1. The molecule has 45 heavy (non-hydrogen) atoms. The number of rotatable bonds is 8. The van der Waals surface area contributed by atoms with Gasteiger partial charge in [0.15, 0.2) is 5.82 Å². The summed E-state index contributed by atoms with van der Waals surface area (Å²) in [6.45, 7) is 6.00. The summed E-state index contributed by atoms with van der Waals surface area (Å²) in [5.41, 5.74) is 10.7. The lowest BCUT2D eigenvalue weighted by molar-refractivity contribution is -0.139. The Morgan fingerprint density at radius 2 is 1.82 bits per heavy atom. The SMILES string of the molecule is COc1cc(C(=O)N2CC3CCC2[C@@H]3N)cc2nc(-c3cc4cccnc4n3CC3CC3)n(CC3CN(C(=O)[C@H]4C[C@@H]4C)C3)c12. The smallest absolute Gasteiger partial charge is 0.254 e. The van der Waals surface area contributed by atoms with Gasteiger partial charge in [-0.15, -0.1) is 0 Å². The van der Waals surface area contributed by atoms with E-state index in [2.05, 4.69) is 28.2 Å². The second kappa shape index (κ2) is 10.0. The van der Waals surface area contributed by atoms with E-state index in [1.807, 2.05) is 34.2 Å². The Morgan fingerprint density at radius 3 is 2.51 bits per heavy atom. The van der Waals surface area contributed by atoms with Gasteiger partial charge in [0.05, 0.1) is 18.3 Å². The predicted octanol–water partition coefficient (Wildman–Crippen LogP) is 4.15. The van der Waals surface area contributed by atoms with Crippen molar-refractivity contribution in [3.05, 3.63) is 42.1 Å². The molecule has 5 aliphatic rings. The third-order valence-corrected chi connectivity index (χ3v) is 11.3. The summed E-state index contributed by atoms with van der Waals surface area (Å²) < 4.78 is 10.6. The standard InChI is InChI=1S/C35H41N7O3/c1-19-10-25(19)35(44)39-14-21(15-39)17-42-31-26(11-24(13-29(31)45-2)34(43)41-18-23-7-8-27(41)30(23)36)38-33(42)28-12-22-4-3-9-37-32(22)40(28)16-20-5-6-20/h3-4,9,11-13,19-21,23,25,27,30H,5-8,10,14-18,36H2,1-2H3/t19-,23?,25-,27?,30+/m0/s1. The molecule has 2 bridgehead atoms. The highest BCUT2D eigenvalue weighted by Gasteiger charge is 2.47. The molecule has 5 fully saturated rings. The van der Waals surface area contributed by atoms with Crippen LogP contribution in [0.2, 0.25) is 0 Å². The van der Waals surface area contributed by atoms with E-state index in [0.717, 1.165) is 79.0 Å². The number of likely N-dealkylation sites (tertiary alicyclic amines) is 2. The molecule has 3 aromatic heterocycles. The molecule has 3 saturated carbocycles. The van der Waals surface area contributed by atoms with Crippen molar-refractivity contribution in [1.82, 2.24) is 28.9 Å². The normalized spacial score (nSPS) is 27.5. The molecule has 234 valence electrons. The molecule has 2 unspecified atom stereocenters. The molecule has 0 radical (unpaired) electrons. The van der Waals surface area contributed by atoms with Gasteiger partial charge in [-0.1, -0.05) is 6.92 Å². The van der Waals surface area contributed by atoms with Gasteiger partial charge in [0.2, 0.25) is 5.91 Å². The van der Waals surface area contributed by atoms with Crippen LogP contribution in [0.3, 0.4) is 0 Å². The number of amides is 2. The fourth-order valence-corrected chi connectivity index (χ4v) is 8.37. The van der Waals surface area contributed by atoms with Gasteiger partial charge in [0.1, 0.15) is 16.9 Å². The van der Waals surface area contributed by atoms with E-state index < -0.39 is 0 Å². The number of pyridine rings is 1. The quantitative estimate of drug-likeness (QED) is 0.322. The van der Waals surface area contributed by atoms with Crippen LogP contribution in [0.15, 0.2) is 36.5 Å². The number of methoxy groups -OCH3 is 1. The predicted molar refractivity (Wildman–Crippen MR) is 171 cm³/mol. The lowest BCUT2D eigenvalue weighted by Crippen LogP contribution is -2.52. The van der Waals surface area contributed by atoms with Crippen LogP contribution in [0.25, 0.3) is 33.6 Å². The molecular formula is C35H41N7O3. The fourth-order valence-electron chi connectivity index (χ4n) is 8.37. The summed E-state index contributed by atoms with van der Waals surface area (Å²) in [6.07, 6.45) is 7.40. The van der Waals surface area contributed by atoms with Gasteiger partial charge in [-0.3, -0.25) is 9.59 Å². The molecule has 2 amide bonds. The summed E-state index contributed by atoms with van der Waals surface area (Å²) in [4.78, 5) is 40.9. The minimum atomic E-state index is 0.00319.